The second-order valence-corrected chi connectivity index (χ2v) is 9.62. The van der Waals surface area contributed by atoms with Gasteiger partial charge in [-0.3, -0.25) is 24.4 Å². The van der Waals surface area contributed by atoms with E-state index < -0.39 is 5.91 Å². The summed E-state index contributed by atoms with van der Waals surface area (Å²) in [5.74, 6) is -0.118. The van der Waals surface area contributed by atoms with Crippen LogP contribution in [0, 0.1) is 5.82 Å². The Hall–Kier alpha value is -4.54. The molecule has 0 atom stereocenters. The first kappa shape index (κ1) is 28.0. The summed E-state index contributed by atoms with van der Waals surface area (Å²) in [5, 5.41) is 2.88. The van der Waals surface area contributed by atoms with Crippen LogP contribution in [0.1, 0.15) is 10.4 Å². The fourth-order valence-corrected chi connectivity index (χ4v) is 4.61. The zero-order chi connectivity index (χ0) is 28.6. The molecule has 4 aromatic rings. The molecule has 212 valence electrons. The third kappa shape index (κ3) is 7.16. The topological polar surface area (TPSA) is 88.9 Å². The van der Waals surface area contributed by atoms with E-state index in [9.17, 15) is 14.0 Å². The fourth-order valence-electron chi connectivity index (χ4n) is 4.61. The Morgan fingerprint density at radius 2 is 1.71 bits per heavy atom. The van der Waals surface area contributed by atoms with Gasteiger partial charge < -0.3 is 14.4 Å². The number of morpholine rings is 1. The molecule has 5 rings (SSSR count). The zero-order valence-corrected chi connectivity index (χ0v) is 22.8. The first-order valence-corrected chi connectivity index (χ1v) is 13.4. The summed E-state index contributed by atoms with van der Waals surface area (Å²) in [5.41, 5.74) is 2.60. The molecule has 3 aromatic carbocycles. The number of amides is 2. The van der Waals surface area contributed by atoms with Crippen LogP contribution < -0.4 is 10.1 Å². The molecule has 1 aromatic heterocycles. The standard InChI is InChI=1S/C31H32FN5O4/c1-40-27-13-7-24(8-14-27)30(39)36(16-15-35-17-19-41-20-18-35)22-29(38)34-31-33-28(23-5-3-2-4-6-23)21-37(31)26-11-9-25(32)10-12-26/h2-14,21H,15-20,22H2,1H3,(H,33,34,38). The Balaban J connectivity index is 1.37. The number of rotatable bonds is 10. The smallest absolute Gasteiger partial charge is 0.254 e. The van der Waals surface area contributed by atoms with Gasteiger partial charge >= 0.3 is 0 Å². The Bertz CT molecular complexity index is 1450. The number of methoxy groups -OCH3 is 1. The van der Waals surface area contributed by atoms with E-state index in [1.54, 1.807) is 54.3 Å². The lowest BCUT2D eigenvalue weighted by Crippen LogP contribution is -2.45. The summed E-state index contributed by atoms with van der Waals surface area (Å²) < 4.78 is 26.0. The van der Waals surface area contributed by atoms with Gasteiger partial charge in [0.05, 0.1) is 26.0 Å². The van der Waals surface area contributed by atoms with E-state index >= 15 is 0 Å². The molecule has 1 fully saturated rings. The predicted molar refractivity (Wildman–Crippen MR) is 154 cm³/mol. The SMILES string of the molecule is COc1ccc(C(=O)N(CCN2CCOCC2)CC(=O)Nc2nc(-c3ccccc3)cn2-c2ccc(F)cc2)cc1. The van der Waals surface area contributed by atoms with Gasteiger partial charge in [0.15, 0.2) is 0 Å². The highest BCUT2D eigenvalue weighted by molar-refractivity contribution is 5.99. The molecule has 2 amide bonds. The minimum Gasteiger partial charge on any atom is -0.497 e. The third-order valence-corrected chi connectivity index (χ3v) is 6.88. The van der Waals surface area contributed by atoms with Crippen LogP contribution in [0.25, 0.3) is 16.9 Å². The number of aromatic nitrogens is 2. The van der Waals surface area contributed by atoms with Crippen LogP contribution in [0.2, 0.25) is 0 Å². The number of ether oxygens (including phenoxy) is 2. The van der Waals surface area contributed by atoms with Crippen molar-refractivity contribution in [3.05, 3.63) is 96.4 Å². The number of benzene rings is 3. The quantitative estimate of drug-likeness (QED) is 0.316. The van der Waals surface area contributed by atoms with Crippen molar-refractivity contribution in [2.45, 2.75) is 0 Å². The number of carbonyl (C=O) groups excluding carboxylic acids is 2. The molecular weight excluding hydrogens is 525 g/mol. The number of anilines is 1. The lowest BCUT2D eigenvalue weighted by atomic mass is 10.2. The van der Waals surface area contributed by atoms with Crippen molar-refractivity contribution in [2.24, 2.45) is 0 Å². The monoisotopic (exact) mass is 557 g/mol. The molecule has 9 nitrogen and oxygen atoms in total. The molecule has 0 aliphatic carbocycles. The van der Waals surface area contributed by atoms with Gasteiger partial charge in [-0.15, -0.1) is 0 Å². The maximum Gasteiger partial charge on any atom is 0.254 e. The van der Waals surface area contributed by atoms with Crippen molar-refractivity contribution >= 4 is 17.8 Å². The summed E-state index contributed by atoms with van der Waals surface area (Å²) in [7, 11) is 1.56. The molecular formula is C31H32FN5O4. The zero-order valence-electron chi connectivity index (χ0n) is 22.8. The molecule has 1 aliphatic heterocycles. The van der Waals surface area contributed by atoms with Crippen LogP contribution in [0.3, 0.4) is 0 Å². The molecule has 2 heterocycles. The van der Waals surface area contributed by atoms with E-state index in [2.05, 4.69) is 15.2 Å². The van der Waals surface area contributed by atoms with Gasteiger partial charge in [-0.25, -0.2) is 9.37 Å². The van der Waals surface area contributed by atoms with Gasteiger partial charge in [-0.1, -0.05) is 30.3 Å². The molecule has 0 radical (unpaired) electrons. The Morgan fingerprint density at radius 3 is 2.39 bits per heavy atom. The van der Waals surface area contributed by atoms with Crippen LogP contribution in [-0.4, -0.2) is 84.2 Å². The lowest BCUT2D eigenvalue weighted by molar-refractivity contribution is -0.117. The van der Waals surface area contributed by atoms with Gasteiger partial charge in [0, 0.05) is 49.2 Å². The molecule has 0 spiro atoms. The second kappa shape index (κ2) is 13.2. The molecule has 0 bridgehead atoms. The first-order valence-electron chi connectivity index (χ1n) is 13.4. The van der Waals surface area contributed by atoms with E-state index in [1.165, 1.54) is 17.0 Å². The molecule has 1 N–H and O–H groups in total. The number of nitrogens with one attached hydrogen (secondary N) is 1. The van der Waals surface area contributed by atoms with Crippen molar-refractivity contribution in [2.75, 3.05) is 58.4 Å². The van der Waals surface area contributed by atoms with Crippen LogP contribution in [0.15, 0.2) is 85.1 Å². The van der Waals surface area contributed by atoms with Crippen LogP contribution in [-0.2, 0) is 9.53 Å². The average Bonchev–Trinajstić information content (AvgIpc) is 3.43. The number of halogens is 1. The molecule has 41 heavy (non-hydrogen) atoms. The first-order chi connectivity index (χ1) is 20.0. The van der Waals surface area contributed by atoms with Crippen molar-refractivity contribution in [3.8, 4) is 22.7 Å². The maximum absolute atomic E-state index is 13.6. The van der Waals surface area contributed by atoms with E-state index in [0.29, 0.717) is 49.0 Å². The number of nitrogens with zero attached hydrogens (tertiary/aromatic N) is 4. The normalized spacial score (nSPS) is 13.5. The molecule has 10 heteroatoms. The highest BCUT2D eigenvalue weighted by Gasteiger charge is 2.22. The Morgan fingerprint density at radius 1 is 1.00 bits per heavy atom. The van der Waals surface area contributed by atoms with Crippen LogP contribution in [0.4, 0.5) is 10.3 Å². The number of hydrogen-bond donors (Lipinski definition) is 1. The molecule has 0 saturated carbocycles. The second-order valence-electron chi connectivity index (χ2n) is 9.62. The number of hydrogen-bond acceptors (Lipinski definition) is 6. The highest BCUT2D eigenvalue weighted by Crippen LogP contribution is 2.24. The molecule has 0 unspecified atom stereocenters. The summed E-state index contributed by atoms with van der Waals surface area (Å²) >= 11 is 0. The number of imidazole rings is 1. The van der Waals surface area contributed by atoms with Crippen molar-refractivity contribution in [1.29, 1.82) is 0 Å². The van der Waals surface area contributed by atoms with E-state index in [0.717, 1.165) is 18.7 Å². The van der Waals surface area contributed by atoms with Crippen molar-refractivity contribution in [1.82, 2.24) is 19.4 Å². The summed E-state index contributed by atoms with van der Waals surface area (Å²) in [4.78, 5) is 35.4. The Kier molecular flexibility index (Phi) is 9.02. The fraction of sp³-hybridized carbons (Fsp3) is 0.258. The summed E-state index contributed by atoms with van der Waals surface area (Å²) in [6, 6.07) is 22.3. The largest absolute Gasteiger partial charge is 0.497 e. The molecule has 1 aliphatic rings. The van der Waals surface area contributed by atoms with Crippen LogP contribution in [0.5, 0.6) is 5.75 Å². The minimum atomic E-state index is -0.401. The lowest BCUT2D eigenvalue weighted by Gasteiger charge is -2.30. The van der Waals surface area contributed by atoms with Crippen LogP contribution >= 0.6 is 0 Å². The minimum absolute atomic E-state index is 0.174. The Labute approximate surface area is 238 Å². The third-order valence-electron chi connectivity index (χ3n) is 6.88. The van der Waals surface area contributed by atoms with E-state index in [4.69, 9.17) is 9.47 Å². The number of carbonyl (C=O) groups is 2. The average molecular weight is 558 g/mol. The van der Waals surface area contributed by atoms with Gasteiger partial charge in [-0.2, -0.15) is 0 Å². The van der Waals surface area contributed by atoms with Gasteiger partial charge in [-0.05, 0) is 48.5 Å². The van der Waals surface area contributed by atoms with Gasteiger partial charge in [0.2, 0.25) is 11.9 Å². The molecule has 1 saturated heterocycles. The highest BCUT2D eigenvalue weighted by atomic mass is 19.1. The predicted octanol–water partition coefficient (Wildman–Crippen LogP) is 4.10. The van der Waals surface area contributed by atoms with Gasteiger partial charge in [0.1, 0.15) is 18.1 Å². The maximum atomic E-state index is 13.6. The van der Waals surface area contributed by atoms with Gasteiger partial charge in [0.25, 0.3) is 5.91 Å². The summed E-state index contributed by atoms with van der Waals surface area (Å²) in [6.45, 7) is 3.63. The summed E-state index contributed by atoms with van der Waals surface area (Å²) in [6.07, 6.45) is 1.79. The van der Waals surface area contributed by atoms with E-state index in [-0.39, 0.29) is 24.2 Å². The van der Waals surface area contributed by atoms with Crippen molar-refractivity contribution in [3.63, 3.8) is 0 Å². The van der Waals surface area contributed by atoms with E-state index in [1.807, 2.05) is 30.3 Å². The van der Waals surface area contributed by atoms with Crippen molar-refractivity contribution < 1.29 is 23.5 Å².